The number of hydrogen-bond donors (Lipinski definition) is 3. The zero-order chi connectivity index (χ0) is 15.0. The highest BCUT2D eigenvalue weighted by molar-refractivity contribution is 5.79. The van der Waals surface area contributed by atoms with E-state index in [4.69, 9.17) is 0 Å². The Morgan fingerprint density at radius 3 is 2.71 bits per heavy atom. The lowest BCUT2D eigenvalue weighted by Gasteiger charge is -2.13. The summed E-state index contributed by atoms with van der Waals surface area (Å²) in [5.74, 6) is 1.01. The summed E-state index contributed by atoms with van der Waals surface area (Å²) in [4.78, 5) is 8.06. The average Bonchev–Trinajstić information content (AvgIpc) is 3.01. The molecular formula is C16H21N5. The SMILES string of the molecule is Cc1[nH]ncc1CNc1ccc2nc(C(C)(C)C)[nH]c2c1. The number of H-pyrrole nitrogens is 2. The van der Waals surface area contributed by atoms with E-state index in [0.717, 1.165) is 34.8 Å². The Kier molecular flexibility index (Phi) is 3.20. The predicted molar refractivity (Wildman–Crippen MR) is 85.4 cm³/mol. The Hall–Kier alpha value is -2.30. The third kappa shape index (κ3) is 2.77. The summed E-state index contributed by atoms with van der Waals surface area (Å²) in [6, 6.07) is 6.21. The molecule has 0 fully saturated rings. The van der Waals surface area contributed by atoms with Gasteiger partial charge in [-0.3, -0.25) is 5.10 Å². The third-order valence-electron chi connectivity index (χ3n) is 3.61. The highest BCUT2D eigenvalue weighted by Gasteiger charge is 2.18. The molecule has 110 valence electrons. The van der Waals surface area contributed by atoms with Gasteiger partial charge in [-0.15, -0.1) is 0 Å². The first-order chi connectivity index (χ1) is 9.93. The van der Waals surface area contributed by atoms with E-state index in [1.54, 1.807) is 0 Å². The monoisotopic (exact) mass is 283 g/mol. The molecule has 0 saturated heterocycles. The Bertz CT molecular complexity index is 760. The molecule has 1 aromatic carbocycles. The second-order valence-corrected chi connectivity index (χ2v) is 6.44. The second-order valence-electron chi connectivity index (χ2n) is 6.44. The normalized spacial score (nSPS) is 12.0. The van der Waals surface area contributed by atoms with Crippen molar-refractivity contribution in [2.45, 2.75) is 39.7 Å². The van der Waals surface area contributed by atoms with Gasteiger partial charge in [-0.25, -0.2) is 4.98 Å². The molecule has 0 bridgehead atoms. The maximum atomic E-state index is 4.65. The van der Waals surface area contributed by atoms with Gasteiger partial charge in [0.15, 0.2) is 0 Å². The molecule has 0 saturated carbocycles. The van der Waals surface area contributed by atoms with Gasteiger partial charge in [0.05, 0.1) is 17.2 Å². The van der Waals surface area contributed by atoms with E-state index in [0.29, 0.717) is 0 Å². The van der Waals surface area contributed by atoms with E-state index in [1.807, 2.05) is 19.2 Å². The van der Waals surface area contributed by atoms with Crippen LogP contribution in [0, 0.1) is 6.92 Å². The molecular weight excluding hydrogens is 262 g/mol. The highest BCUT2D eigenvalue weighted by atomic mass is 15.1. The molecule has 0 atom stereocenters. The Morgan fingerprint density at radius 1 is 1.24 bits per heavy atom. The van der Waals surface area contributed by atoms with Gasteiger partial charge >= 0.3 is 0 Å². The fourth-order valence-electron chi connectivity index (χ4n) is 2.23. The minimum atomic E-state index is 0.0283. The van der Waals surface area contributed by atoms with E-state index in [-0.39, 0.29) is 5.41 Å². The van der Waals surface area contributed by atoms with Crippen molar-refractivity contribution in [3.63, 3.8) is 0 Å². The van der Waals surface area contributed by atoms with Gasteiger partial charge in [-0.1, -0.05) is 20.8 Å². The summed E-state index contributed by atoms with van der Waals surface area (Å²) in [6.07, 6.45) is 1.86. The van der Waals surface area contributed by atoms with Crippen molar-refractivity contribution in [1.82, 2.24) is 20.2 Å². The number of nitrogens with zero attached hydrogens (tertiary/aromatic N) is 2. The number of rotatable bonds is 3. The quantitative estimate of drug-likeness (QED) is 0.689. The molecule has 5 nitrogen and oxygen atoms in total. The van der Waals surface area contributed by atoms with Crippen molar-refractivity contribution in [2.75, 3.05) is 5.32 Å². The maximum Gasteiger partial charge on any atom is 0.112 e. The number of hydrogen-bond acceptors (Lipinski definition) is 3. The number of aromatic amines is 2. The predicted octanol–water partition coefficient (Wildman–Crippen LogP) is 3.50. The number of nitrogens with one attached hydrogen (secondary N) is 3. The first-order valence-electron chi connectivity index (χ1n) is 7.16. The lowest BCUT2D eigenvalue weighted by Crippen LogP contribution is -2.12. The van der Waals surface area contributed by atoms with Crippen molar-refractivity contribution in [3.05, 3.63) is 41.5 Å². The Balaban J connectivity index is 1.82. The molecule has 0 aliphatic carbocycles. The summed E-state index contributed by atoms with van der Waals surface area (Å²) in [6.45, 7) is 9.26. The molecule has 3 N–H and O–H groups in total. The van der Waals surface area contributed by atoms with E-state index < -0.39 is 0 Å². The van der Waals surface area contributed by atoms with Crippen molar-refractivity contribution < 1.29 is 0 Å². The number of aryl methyl sites for hydroxylation is 1. The zero-order valence-corrected chi connectivity index (χ0v) is 12.9. The first kappa shape index (κ1) is 13.7. The second kappa shape index (κ2) is 4.91. The lowest BCUT2D eigenvalue weighted by atomic mass is 9.96. The minimum absolute atomic E-state index is 0.0283. The minimum Gasteiger partial charge on any atom is -0.381 e. The van der Waals surface area contributed by atoms with Gasteiger partial charge in [-0.05, 0) is 25.1 Å². The average molecular weight is 283 g/mol. The third-order valence-corrected chi connectivity index (χ3v) is 3.61. The molecule has 2 aromatic heterocycles. The Morgan fingerprint density at radius 2 is 2.05 bits per heavy atom. The molecule has 0 amide bonds. The van der Waals surface area contributed by atoms with Crippen LogP contribution in [0.3, 0.4) is 0 Å². The highest BCUT2D eigenvalue weighted by Crippen LogP contribution is 2.24. The largest absolute Gasteiger partial charge is 0.381 e. The number of fused-ring (bicyclic) bond motifs is 1. The van der Waals surface area contributed by atoms with Crippen LogP contribution in [0.1, 0.15) is 37.9 Å². The summed E-state index contributed by atoms with van der Waals surface area (Å²) >= 11 is 0. The smallest absolute Gasteiger partial charge is 0.112 e. The summed E-state index contributed by atoms with van der Waals surface area (Å²) in [7, 11) is 0. The van der Waals surface area contributed by atoms with Gasteiger partial charge in [-0.2, -0.15) is 5.10 Å². The van der Waals surface area contributed by atoms with Crippen LogP contribution in [0.4, 0.5) is 5.69 Å². The summed E-state index contributed by atoms with van der Waals surface area (Å²) < 4.78 is 0. The fourth-order valence-corrected chi connectivity index (χ4v) is 2.23. The van der Waals surface area contributed by atoms with Crippen molar-refractivity contribution in [1.29, 1.82) is 0 Å². The first-order valence-corrected chi connectivity index (χ1v) is 7.16. The number of aromatic nitrogens is 4. The maximum absolute atomic E-state index is 4.65. The molecule has 0 unspecified atom stereocenters. The van der Waals surface area contributed by atoms with E-state index in [1.165, 1.54) is 5.56 Å². The van der Waals surface area contributed by atoms with Crippen LogP contribution in [-0.4, -0.2) is 20.2 Å². The van der Waals surface area contributed by atoms with Gasteiger partial charge in [0.2, 0.25) is 0 Å². The van der Waals surface area contributed by atoms with Gasteiger partial charge in [0.1, 0.15) is 5.82 Å². The number of imidazole rings is 1. The van der Waals surface area contributed by atoms with Gasteiger partial charge in [0, 0.05) is 28.9 Å². The van der Waals surface area contributed by atoms with Crippen molar-refractivity contribution in [3.8, 4) is 0 Å². The fraction of sp³-hybridized carbons (Fsp3) is 0.375. The van der Waals surface area contributed by atoms with Crippen LogP contribution in [0.15, 0.2) is 24.4 Å². The van der Waals surface area contributed by atoms with Crippen LogP contribution in [0.2, 0.25) is 0 Å². The zero-order valence-electron chi connectivity index (χ0n) is 12.9. The van der Waals surface area contributed by atoms with Crippen LogP contribution < -0.4 is 5.32 Å². The topological polar surface area (TPSA) is 69.4 Å². The van der Waals surface area contributed by atoms with Gasteiger partial charge < -0.3 is 10.3 Å². The van der Waals surface area contributed by atoms with Crippen LogP contribution in [0.25, 0.3) is 11.0 Å². The molecule has 0 spiro atoms. The van der Waals surface area contributed by atoms with Crippen molar-refractivity contribution in [2.24, 2.45) is 0 Å². The van der Waals surface area contributed by atoms with Crippen LogP contribution >= 0.6 is 0 Å². The Labute approximate surface area is 124 Å². The van der Waals surface area contributed by atoms with Crippen molar-refractivity contribution >= 4 is 16.7 Å². The van der Waals surface area contributed by atoms with Gasteiger partial charge in [0.25, 0.3) is 0 Å². The lowest BCUT2D eigenvalue weighted by molar-refractivity contribution is 0.554. The van der Waals surface area contributed by atoms with Crippen LogP contribution in [-0.2, 0) is 12.0 Å². The number of anilines is 1. The number of benzene rings is 1. The molecule has 0 radical (unpaired) electrons. The summed E-state index contributed by atoms with van der Waals surface area (Å²) in [5.41, 5.74) is 5.45. The molecule has 0 aliphatic heterocycles. The molecule has 0 aliphatic rings. The molecule has 2 heterocycles. The van der Waals surface area contributed by atoms with E-state index >= 15 is 0 Å². The standard InChI is InChI=1S/C16H21N5/c1-10-11(9-18-21-10)8-17-12-5-6-13-14(7-12)20-15(19-13)16(2,3)4/h5-7,9,17H,8H2,1-4H3,(H,18,21)(H,19,20). The van der Waals surface area contributed by atoms with Crippen LogP contribution in [0.5, 0.6) is 0 Å². The molecule has 21 heavy (non-hydrogen) atoms. The summed E-state index contributed by atoms with van der Waals surface area (Å²) in [5, 5.41) is 10.4. The molecule has 3 aromatic rings. The molecule has 5 heteroatoms. The molecule has 3 rings (SSSR count). The van der Waals surface area contributed by atoms with E-state index in [2.05, 4.69) is 58.4 Å². The van der Waals surface area contributed by atoms with E-state index in [9.17, 15) is 0 Å².